The van der Waals surface area contributed by atoms with Crippen LogP contribution in [0.4, 0.5) is 5.82 Å². The van der Waals surface area contributed by atoms with Crippen LogP contribution in [0.1, 0.15) is 12.8 Å². The molecule has 0 saturated carbocycles. The van der Waals surface area contributed by atoms with Crippen LogP contribution in [-0.4, -0.2) is 29.6 Å². The Bertz CT molecular complexity index is 368. The van der Waals surface area contributed by atoms with Crippen molar-refractivity contribution in [3.63, 3.8) is 0 Å². The van der Waals surface area contributed by atoms with Gasteiger partial charge in [0.05, 0.1) is 0 Å². The monoisotopic (exact) mass is 208 g/mol. The molecule has 0 aromatic carbocycles. The van der Waals surface area contributed by atoms with Gasteiger partial charge >= 0.3 is 0 Å². The van der Waals surface area contributed by atoms with Gasteiger partial charge in [-0.15, -0.1) is 0 Å². The molecule has 1 saturated heterocycles. The van der Waals surface area contributed by atoms with Gasteiger partial charge in [-0.3, -0.25) is 4.79 Å². The zero-order valence-electron chi connectivity index (χ0n) is 8.65. The highest BCUT2D eigenvalue weighted by Crippen LogP contribution is 2.18. The van der Waals surface area contributed by atoms with Crippen molar-refractivity contribution in [1.82, 2.24) is 9.97 Å². The molecule has 0 amide bonds. The maximum absolute atomic E-state index is 11.5. The second kappa shape index (κ2) is 4.44. The second-order valence-corrected chi connectivity index (χ2v) is 3.91. The summed E-state index contributed by atoms with van der Waals surface area (Å²) in [6.07, 6.45) is 5.27. The lowest BCUT2D eigenvalue weighted by Crippen LogP contribution is -2.39. The normalized spacial score (nSPS) is 18.1. The smallest absolute Gasteiger partial charge is 0.290 e. The van der Waals surface area contributed by atoms with Crippen LogP contribution in [-0.2, 0) is 0 Å². The van der Waals surface area contributed by atoms with E-state index in [0.717, 1.165) is 32.5 Å². The fraction of sp³-hybridized carbons (Fsp3) is 0.600. The number of rotatable bonds is 2. The number of hydrogen-bond acceptors (Lipinski definition) is 4. The van der Waals surface area contributed by atoms with E-state index in [0.29, 0.717) is 11.7 Å². The summed E-state index contributed by atoms with van der Waals surface area (Å²) in [6.45, 7) is 2.50. The molecule has 82 valence electrons. The maximum atomic E-state index is 11.5. The van der Waals surface area contributed by atoms with E-state index in [1.165, 1.54) is 0 Å². The average Bonchev–Trinajstić information content (AvgIpc) is 2.30. The zero-order valence-corrected chi connectivity index (χ0v) is 8.65. The van der Waals surface area contributed by atoms with Gasteiger partial charge in [-0.2, -0.15) is 0 Å². The van der Waals surface area contributed by atoms with Gasteiger partial charge in [0.15, 0.2) is 5.82 Å². The van der Waals surface area contributed by atoms with Crippen molar-refractivity contribution in [1.29, 1.82) is 0 Å². The van der Waals surface area contributed by atoms with Crippen LogP contribution >= 0.6 is 0 Å². The third-order valence-corrected chi connectivity index (χ3v) is 2.94. The minimum atomic E-state index is -0.108. The Morgan fingerprint density at radius 1 is 1.53 bits per heavy atom. The number of hydrogen-bond donors (Lipinski definition) is 2. The molecule has 0 aliphatic carbocycles. The molecule has 1 aromatic rings. The lowest BCUT2D eigenvalue weighted by atomic mass is 9.97. The topological polar surface area (TPSA) is 75.0 Å². The molecule has 5 nitrogen and oxygen atoms in total. The highest BCUT2D eigenvalue weighted by Gasteiger charge is 2.20. The number of nitrogens with zero attached hydrogens (tertiary/aromatic N) is 2. The summed E-state index contributed by atoms with van der Waals surface area (Å²) >= 11 is 0. The van der Waals surface area contributed by atoms with E-state index in [1.807, 2.05) is 4.90 Å². The number of anilines is 1. The lowest BCUT2D eigenvalue weighted by molar-refractivity contribution is 0.412. The van der Waals surface area contributed by atoms with Crippen molar-refractivity contribution in [2.75, 3.05) is 24.5 Å². The third-order valence-electron chi connectivity index (χ3n) is 2.94. The molecule has 0 radical (unpaired) electrons. The number of piperidine rings is 1. The fourth-order valence-electron chi connectivity index (χ4n) is 1.95. The zero-order chi connectivity index (χ0) is 10.7. The van der Waals surface area contributed by atoms with Crippen LogP contribution in [0.25, 0.3) is 0 Å². The number of aromatic amines is 1. The molecule has 5 heteroatoms. The lowest BCUT2D eigenvalue weighted by Gasteiger charge is -2.31. The summed E-state index contributed by atoms with van der Waals surface area (Å²) in [5.74, 6) is 1.14. The summed E-state index contributed by atoms with van der Waals surface area (Å²) in [5, 5.41) is 0. The van der Waals surface area contributed by atoms with Gasteiger partial charge < -0.3 is 15.6 Å². The minimum Gasteiger partial charge on any atom is -0.352 e. The summed E-state index contributed by atoms with van der Waals surface area (Å²) in [5.41, 5.74) is 5.51. The first kappa shape index (κ1) is 10.2. The Hall–Kier alpha value is -1.36. The summed E-state index contributed by atoms with van der Waals surface area (Å²) in [6, 6.07) is 0. The van der Waals surface area contributed by atoms with E-state index in [1.54, 1.807) is 12.4 Å². The van der Waals surface area contributed by atoms with E-state index in [4.69, 9.17) is 5.73 Å². The highest BCUT2D eigenvalue weighted by molar-refractivity contribution is 5.35. The Morgan fingerprint density at radius 3 is 2.87 bits per heavy atom. The van der Waals surface area contributed by atoms with Crippen molar-refractivity contribution in [2.45, 2.75) is 12.8 Å². The van der Waals surface area contributed by atoms with E-state index in [-0.39, 0.29) is 5.56 Å². The minimum absolute atomic E-state index is 0.108. The molecule has 0 spiro atoms. The standard InChI is InChI=1S/C10H16N4O/c11-7-8-1-5-14(6-2-8)9-10(15)13-4-3-12-9/h3-4,8H,1-2,5-7,11H2,(H,13,15). The van der Waals surface area contributed by atoms with Crippen molar-refractivity contribution in [2.24, 2.45) is 11.7 Å². The van der Waals surface area contributed by atoms with Gasteiger partial charge in [0, 0.05) is 25.5 Å². The molecule has 0 atom stereocenters. The van der Waals surface area contributed by atoms with Gasteiger partial charge in [-0.1, -0.05) is 0 Å². The van der Waals surface area contributed by atoms with Crippen LogP contribution in [0.3, 0.4) is 0 Å². The maximum Gasteiger partial charge on any atom is 0.290 e. The molecule has 0 unspecified atom stereocenters. The largest absolute Gasteiger partial charge is 0.352 e. The predicted molar refractivity (Wildman–Crippen MR) is 58.8 cm³/mol. The van der Waals surface area contributed by atoms with Gasteiger partial charge in [-0.25, -0.2) is 4.98 Å². The van der Waals surface area contributed by atoms with Gasteiger partial charge in [-0.05, 0) is 25.3 Å². The molecule has 15 heavy (non-hydrogen) atoms. The molecule has 2 heterocycles. The predicted octanol–water partition coefficient (Wildman–Crippen LogP) is -0.0550. The molecular formula is C10H16N4O. The third kappa shape index (κ3) is 2.18. The first-order valence-electron chi connectivity index (χ1n) is 5.30. The Kier molecular flexibility index (Phi) is 3.01. The van der Waals surface area contributed by atoms with Crippen molar-refractivity contribution < 1.29 is 0 Å². The van der Waals surface area contributed by atoms with Gasteiger partial charge in [0.1, 0.15) is 0 Å². The highest BCUT2D eigenvalue weighted by atomic mass is 16.1. The Labute approximate surface area is 88.3 Å². The van der Waals surface area contributed by atoms with E-state index >= 15 is 0 Å². The van der Waals surface area contributed by atoms with Crippen molar-refractivity contribution >= 4 is 5.82 Å². The SMILES string of the molecule is NCC1CCN(c2ncc[nH]c2=O)CC1. The first-order chi connectivity index (χ1) is 7.31. The molecular weight excluding hydrogens is 192 g/mol. The fourth-order valence-corrected chi connectivity index (χ4v) is 1.95. The molecule has 0 bridgehead atoms. The van der Waals surface area contributed by atoms with Crippen LogP contribution in [0.2, 0.25) is 0 Å². The average molecular weight is 208 g/mol. The number of nitrogens with two attached hydrogens (primary N) is 1. The van der Waals surface area contributed by atoms with Crippen LogP contribution < -0.4 is 16.2 Å². The summed E-state index contributed by atoms with van der Waals surface area (Å²) < 4.78 is 0. The first-order valence-corrected chi connectivity index (χ1v) is 5.30. The molecule has 1 fully saturated rings. The molecule has 1 aromatic heterocycles. The van der Waals surface area contributed by atoms with Crippen LogP contribution in [0, 0.1) is 5.92 Å². The molecule has 2 rings (SSSR count). The number of H-pyrrole nitrogens is 1. The molecule has 3 N–H and O–H groups in total. The molecule has 1 aliphatic rings. The van der Waals surface area contributed by atoms with Gasteiger partial charge in [0.2, 0.25) is 0 Å². The van der Waals surface area contributed by atoms with Gasteiger partial charge in [0.25, 0.3) is 5.56 Å². The van der Waals surface area contributed by atoms with E-state index < -0.39 is 0 Å². The Balaban J connectivity index is 2.08. The van der Waals surface area contributed by atoms with Crippen LogP contribution in [0.15, 0.2) is 17.2 Å². The number of nitrogens with one attached hydrogen (secondary N) is 1. The quantitative estimate of drug-likeness (QED) is 0.714. The second-order valence-electron chi connectivity index (χ2n) is 3.91. The Morgan fingerprint density at radius 2 is 2.27 bits per heavy atom. The number of aromatic nitrogens is 2. The van der Waals surface area contributed by atoms with Crippen molar-refractivity contribution in [3.05, 3.63) is 22.7 Å². The van der Waals surface area contributed by atoms with Crippen LogP contribution in [0.5, 0.6) is 0 Å². The molecule has 1 aliphatic heterocycles. The van der Waals surface area contributed by atoms with E-state index in [2.05, 4.69) is 9.97 Å². The summed E-state index contributed by atoms with van der Waals surface area (Å²) in [7, 11) is 0. The summed E-state index contributed by atoms with van der Waals surface area (Å²) in [4.78, 5) is 20.3. The van der Waals surface area contributed by atoms with Crippen molar-refractivity contribution in [3.8, 4) is 0 Å². The van der Waals surface area contributed by atoms with E-state index in [9.17, 15) is 4.79 Å².